The Hall–Kier alpha value is -4.00. The summed E-state index contributed by atoms with van der Waals surface area (Å²) in [6.45, 7) is 1.66. The Balaban J connectivity index is 2.09. The Morgan fingerprint density at radius 2 is 2.15 bits per heavy atom. The molecule has 10 heteroatoms. The summed E-state index contributed by atoms with van der Waals surface area (Å²) in [5.41, 5.74) is 3.11. The van der Waals surface area contributed by atoms with Gasteiger partial charge in [0, 0.05) is 0 Å². The van der Waals surface area contributed by atoms with Crippen molar-refractivity contribution in [1.29, 1.82) is 5.26 Å². The van der Waals surface area contributed by atoms with E-state index in [-0.39, 0.29) is 22.8 Å². The average Bonchev–Trinajstić information content (AvgIpc) is 3.01. The maximum atomic E-state index is 12.3. The summed E-state index contributed by atoms with van der Waals surface area (Å²) in [5.74, 6) is -0.750. The van der Waals surface area contributed by atoms with Crippen molar-refractivity contribution in [3.63, 3.8) is 0 Å². The van der Waals surface area contributed by atoms with Crippen LogP contribution in [0.3, 0.4) is 0 Å². The van der Waals surface area contributed by atoms with E-state index in [1.807, 2.05) is 6.07 Å². The van der Waals surface area contributed by atoms with Crippen molar-refractivity contribution < 1.29 is 9.53 Å². The first kappa shape index (κ1) is 16.8. The predicted molar refractivity (Wildman–Crippen MR) is 92.6 cm³/mol. The molecular weight excluding hydrogens is 338 g/mol. The van der Waals surface area contributed by atoms with E-state index < -0.39 is 11.5 Å². The van der Waals surface area contributed by atoms with Crippen LogP contribution in [0.4, 0.5) is 5.82 Å². The van der Waals surface area contributed by atoms with Gasteiger partial charge in [-0.05, 0) is 19.1 Å². The quantitative estimate of drug-likeness (QED) is 0.358. The van der Waals surface area contributed by atoms with E-state index in [0.717, 1.165) is 7.11 Å². The van der Waals surface area contributed by atoms with E-state index in [1.54, 1.807) is 31.2 Å². The molecule has 2 aromatic heterocycles. The number of carbonyl (C=O) groups excluding carboxylic acids is 1. The second-order valence-electron chi connectivity index (χ2n) is 5.18. The number of nitriles is 1. The number of nitrogens with one attached hydrogen (secondary N) is 3. The SMILES string of the molecule is COC(=O)/C(=N\Nc1n[nH]c(C)c1C#N)c1nc2ccccc2[nH]c1=O. The summed E-state index contributed by atoms with van der Waals surface area (Å²) in [6, 6.07) is 8.83. The summed E-state index contributed by atoms with van der Waals surface area (Å²) in [7, 11) is 1.16. The van der Waals surface area contributed by atoms with Gasteiger partial charge in [0.1, 0.15) is 11.6 Å². The van der Waals surface area contributed by atoms with Crippen molar-refractivity contribution in [2.45, 2.75) is 6.92 Å². The monoisotopic (exact) mass is 351 g/mol. The topological polar surface area (TPSA) is 149 Å². The first-order chi connectivity index (χ1) is 12.5. The van der Waals surface area contributed by atoms with Gasteiger partial charge in [0.2, 0.25) is 0 Å². The molecule has 3 aromatic rings. The van der Waals surface area contributed by atoms with E-state index in [4.69, 9.17) is 5.26 Å². The molecule has 130 valence electrons. The van der Waals surface area contributed by atoms with E-state index in [2.05, 4.69) is 35.4 Å². The molecule has 0 saturated heterocycles. The van der Waals surface area contributed by atoms with Gasteiger partial charge in [0.25, 0.3) is 5.56 Å². The van der Waals surface area contributed by atoms with Gasteiger partial charge < -0.3 is 9.72 Å². The number of ether oxygens (including phenoxy) is 1. The number of esters is 1. The Morgan fingerprint density at radius 1 is 1.38 bits per heavy atom. The van der Waals surface area contributed by atoms with Crippen molar-refractivity contribution in [2.75, 3.05) is 12.5 Å². The van der Waals surface area contributed by atoms with E-state index in [9.17, 15) is 9.59 Å². The molecule has 0 bridgehead atoms. The van der Waals surface area contributed by atoms with Gasteiger partial charge in [-0.3, -0.25) is 15.3 Å². The normalized spacial score (nSPS) is 11.2. The number of nitrogens with zero attached hydrogens (tertiary/aromatic N) is 4. The van der Waals surface area contributed by atoms with Crippen molar-refractivity contribution >= 4 is 28.5 Å². The summed E-state index contributed by atoms with van der Waals surface area (Å²) >= 11 is 0. The highest BCUT2D eigenvalue weighted by molar-refractivity contribution is 6.42. The third-order valence-electron chi connectivity index (χ3n) is 3.54. The molecule has 0 aliphatic rings. The number of aromatic nitrogens is 4. The van der Waals surface area contributed by atoms with Crippen LogP contribution in [-0.2, 0) is 9.53 Å². The Labute approximate surface area is 146 Å². The van der Waals surface area contributed by atoms with E-state index >= 15 is 0 Å². The fourth-order valence-corrected chi connectivity index (χ4v) is 2.24. The minimum absolute atomic E-state index is 0.114. The van der Waals surface area contributed by atoms with Gasteiger partial charge in [-0.25, -0.2) is 9.78 Å². The first-order valence-electron chi connectivity index (χ1n) is 7.41. The number of aromatic amines is 2. The molecule has 0 spiro atoms. The molecular formula is C16H13N7O3. The number of H-pyrrole nitrogens is 2. The molecule has 3 rings (SSSR count). The van der Waals surface area contributed by atoms with E-state index in [1.165, 1.54) is 0 Å². The molecule has 1 aromatic carbocycles. The molecule has 2 heterocycles. The lowest BCUT2D eigenvalue weighted by atomic mass is 10.2. The van der Waals surface area contributed by atoms with E-state index in [0.29, 0.717) is 16.7 Å². The van der Waals surface area contributed by atoms with Crippen molar-refractivity contribution in [3.05, 3.63) is 51.6 Å². The number of para-hydroxylation sites is 2. The largest absolute Gasteiger partial charge is 0.464 e. The molecule has 10 nitrogen and oxygen atoms in total. The highest BCUT2D eigenvalue weighted by atomic mass is 16.5. The van der Waals surface area contributed by atoms with Crippen LogP contribution >= 0.6 is 0 Å². The number of benzene rings is 1. The smallest absolute Gasteiger partial charge is 0.360 e. The summed E-state index contributed by atoms with van der Waals surface area (Å²) in [4.78, 5) is 31.3. The lowest BCUT2D eigenvalue weighted by Gasteiger charge is -2.05. The molecule has 0 radical (unpaired) electrons. The van der Waals surface area contributed by atoms with Crippen LogP contribution in [0.25, 0.3) is 11.0 Å². The Bertz CT molecular complexity index is 1120. The molecule has 26 heavy (non-hydrogen) atoms. The molecule has 0 saturated carbocycles. The Morgan fingerprint density at radius 3 is 2.88 bits per heavy atom. The van der Waals surface area contributed by atoms with Crippen LogP contribution < -0.4 is 11.0 Å². The number of aryl methyl sites for hydroxylation is 1. The molecule has 0 atom stereocenters. The molecule has 0 fully saturated rings. The van der Waals surface area contributed by atoms with Crippen LogP contribution in [0.1, 0.15) is 17.0 Å². The number of methoxy groups -OCH3 is 1. The standard InChI is InChI=1S/C16H13N7O3/c1-8-9(7-17)14(22-20-8)23-21-13(16(25)26-2)12-15(24)19-11-6-4-3-5-10(11)18-12/h3-6H,1-2H3,(H,19,24)(H2,20,22,23)/b21-13-. The average molecular weight is 351 g/mol. The molecule has 0 amide bonds. The number of anilines is 1. The zero-order valence-electron chi connectivity index (χ0n) is 13.8. The first-order valence-corrected chi connectivity index (χ1v) is 7.41. The second-order valence-corrected chi connectivity index (χ2v) is 5.18. The fourth-order valence-electron chi connectivity index (χ4n) is 2.24. The minimum Gasteiger partial charge on any atom is -0.464 e. The van der Waals surface area contributed by atoms with Crippen LogP contribution in [0, 0.1) is 18.3 Å². The molecule has 0 aliphatic carbocycles. The van der Waals surface area contributed by atoms with Crippen LogP contribution in [0.2, 0.25) is 0 Å². The van der Waals surface area contributed by atoms with Crippen LogP contribution in [0.5, 0.6) is 0 Å². The highest BCUT2D eigenvalue weighted by Crippen LogP contribution is 2.14. The number of hydrogen-bond donors (Lipinski definition) is 3. The van der Waals surface area contributed by atoms with Gasteiger partial charge in [-0.15, -0.1) is 0 Å². The number of hydrogen-bond acceptors (Lipinski definition) is 8. The van der Waals surface area contributed by atoms with Gasteiger partial charge in [0.15, 0.2) is 17.2 Å². The van der Waals surface area contributed by atoms with Crippen molar-refractivity contribution in [3.8, 4) is 6.07 Å². The van der Waals surface area contributed by atoms with Crippen LogP contribution in [-0.4, -0.2) is 39.0 Å². The number of fused-ring (bicyclic) bond motifs is 1. The van der Waals surface area contributed by atoms with Gasteiger partial charge in [-0.2, -0.15) is 15.5 Å². The van der Waals surface area contributed by atoms with Crippen molar-refractivity contribution in [1.82, 2.24) is 20.2 Å². The minimum atomic E-state index is -0.864. The van der Waals surface area contributed by atoms with Crippen molar-refractivity contribution in [2.24, 2.45) is 5.10 Å². The lowest BCUT2D eigenvalue weighted by Crippen LogP contribution is -2.28. The maximum Gasteiger partial charge on any atom is 0.360 e. The number of rotatable bonds is 4. The summed E-state index contributed by atoms with van der Waals surface area (Å²) in [5, 5.41) is 19.5. The molecule has 3 N–H and O–H groups in total. The lowest BCUT2D eigenvalue weighted by molar-refractivity contribution is -0.132. The third kappa shape index (κ3) is 3.01. The number of hydrazone groups is 1. The van der Waals surface area contributed by atoms with Gasteiger partial charge >= 0.3 is 5.97 Å². The zero-order chi connectivity index (χ0) is 18.7. The van der Waals surface area contributed by atoms with Gasteiger partial charge in [0.05, 0.1) is 23.8 Å². The Kier molecular flexibility index (Phi) is 4.44. The highest BCUT2D eigenvalue weighted by Gasteiger charge is 2.21. The second kappa shape index (κ2) is 6.86. The zero-order valence-corrected chi connectivity index (χ0v) is 13.8. The predicted octanol–water partition coefficient (Wildman–Crippen LogP) is 0.816. The maximum absolute atomic E-state index is 12.3. The summed E-state index contributed by atoms with van der Waals surface area (Å²) in [6.07, 6.45) is 0. The fraction of sp³-hybridized carbons (Fsp3) is 0.125. The third-order valence-corrected chi connectivity index (χ3v) is 3.54. The van der Waals surface area contributed by atoms with Gasteiger partial charge in [-0.1, -0.05) is 12.1 Å². The summed E-state index contributed by atoms with van der Waals surface area (Å²) < 4.78 is 4.69. The molecule has 0 aliphatic heterocycles. The van der Waals surface area contributed by atoms with Crippen LogP contribution in [0.15, 0.2) is 34.2 Å². The molecule has 0 unspecified atom stereocenters. The number of carbonyl (C=O) groups is 1.